The number of rotatable bonds is 8. The van der Waals surface area contributed by atoms with Gasteiger partial charge in [0.05, 0.1) is 12.3 Å². The molecule has 3 nitrogen and oxygen atoms in total. The zero-order valence-electron chi connectivity index (χ0n) is 12.7. The Kier molecular flexibility index (Phi) is 6.84. The monoisotopic (exact) mass is 315 g/mol. The maximum atomic E-state index is 12.0. The number of anilines is 1. The zero-order chi connectivity index (χ0) is 15.6. The molecule has 4 heteroatoms. The lowest BCUT2D eigenvalue weighted by Crippen LogP contribution is -2.13. The van der Waals surface area contributed by atoms with E-state index in [0.29, 0.717) is 19.4 Å². The van der Waals surface area contributed by atoms with E-state index < -0.39 is 0 Å². The minimum absolute atomic E-state index is 0.0285. The number of carbonyl (C=O) groups is 1. The molecule has 2 aromatic carbocycles. The van der Waals surface area contributed by atoms with E-state index in [9.17, 15) is 4.79 Å². The van der Waals surface area contributed by atoms with Crippen molar-refractivity contribution in [3.63, 3.8) is 0 Å². The molecule has 2 rings (SSSR count). The number of hydrogen-bond donors (Lipinski definition) is 1. The third-order valence-corrected chi connectivity index (χ3v) is 3.98. The average molecular weight is 315 g/mol. The number of hydrogen-bond acceptors (Lipinski definition) is 3. The summed E-state index contributed by atoms with van der Waals surface area (Å²) in [5.41, 5.74) is 0.892. The van der Waals surface area contributed by atoms with Crippen LogP contribution < -0.4 is 10.1 Å². The number of thioether (sulfide) groups is 1. The van der Waals surface area contributed by atoms with E-state index in [2.05, 4.69) is 12.2 Å². The molecule has 2 aromatic rings. The molecule has 0 fully saturated rings. The van der Waals surface area contributed by atoms with E-state index in [0.717, 1.165) is 22.1 Å². The van der Waals surface area contributed by atoms with Gasteiger partial charge in [-0.25, -0.2) is 0 Å². The second-order valence-corrected chi connectivity index (χ2v) is 6.05. The zero-order valence-corrected chi connectivity index (χ0v) is 13.6. The van der Waals surface area contributed by atoms with Crippen molar-refractivity contribution in [2.75, 3.05) is 17.7 Å². The van der Waals surface area contributed by atoms with Gasteiger partial charge < -0.3 is 10.1 Å². The third-order valence-electron chi connectivity index (χ3n) is 3.02. The Hall–Kier alpha value is -1.94. The molecule has 22 heavy (non-hydrogen) atoms. The van der Waals surface area contributed by atoms with Crippen LogP contribution in [0.1, 0.15) is 19.8 Å². The van der Waals surface area contributed by atoms with Gasteiger partial charge in [-0.1, -0.05) is 37.3 Å². The molecule has 0 spiro atoms. The number of para-hydroxylation sites is 2. The van der Waals surface area contributed by atoms with E-state index in [1.54, 1.807) is 11.8 Å². The molecule has 0 aliphatic carbocycles. The summed E-state index contributed by atoms with van der Waals surface area (Å²) in [6.45, 7) is 2.65. The van der Waals surface area contributed by atoms with Gasteiger partial charge in [-0.3, -0.25) is 4.79 Å². The maximum absolute atomic E-state index is 12.0. The highest BCUT2D eigenvalue weighted by molar-refractivity contribution is 7.99. The first-order chi connectivity index (χ1) is 10.8. The van der Waals surface area contributed by atoms with Gasteiger partial charge in [0.25, 0.3) is 0 Å². The first-order valence-electron chi connectivity index (χ1n) is 7.49. The molecule has 116 valence electrons. The van der Waals surface area contributed by atoms with E-state index in [4.69, 9.17) is 4.74 Å². The summed E-state index contributed by atoms with van der Waals surface area (Å²) in [5.74, 6) is 1.85. The Morgan fingerprint density at radius 1 is 1.09 bits per heavy atom. The van der Waals surface area contributed by atoms with Crippen molar-refractivity contribution >= 4 is 23.4 Å². The molecule has 0 radical (unpaired) electrons. The first kappa shape index (κ1) is 16.4. The summed E-state index contributed by atoms with van der Waals surface area (Å²) >= 11 is 1.73. The highest BCUT2D eigenvalue weighted by atomic mass is 32.2. The van der Waals surface area contributed by atoms with Gasteiger partial charge in [-0.15, -0.1) is 11.8 Å². The molecule has 1 N–H and O–H groups in total. The minimum atomic E-state index is 0.0285. The number of benzene rings is 2. The van der Waals surface area contributed by atoms with Crippen molar-refractivity contribution in [2.45, 2.75) is 24.7 Å². The summed E-state index contributed by atoms with van der Waals surface area (Å²) in [7, 11) is 0. The van der Waals surface area contributed by atoms with Gasteiger partial charge in [-0.2, -0.15) is 0 Å². The Morgan fingerprint density at radius 3 is 2.59 bits per heavy atom. The molecule has 1 amide bonds. The second kappa shape index (κ2) is 9.15. The quantitative estimate of drug-likeness (QED) is 0.571. The highest BCUT2D eigenvalue weighted by Crippen LogP contribution is 2.26. The van der Waals surface area contributed by atoms with Gasteiger partial charge >= 0.3 is 0 Å². The topological polar surface area (TPSA) is 38.3 Å². The van der Waals surface area contributed by atoms with Crippen LogP contribution >= 0.6 is 11.8 Å². The fourth-order valence-corrected chi connectivity index (χ4v) is 2.76. The summed E-state index contributed by atoms with van der Waals surface area (Å²) in [6.07, 6.45) is 1.15. The van der Waals surface area contributed by atoms with Crippen molar-refractivity contribution in [1.29, 1.82) is 0 Å². The normalized spacial score (nSPS) is 10.2. The van der Waals surface area contributed by atoms with E-state index in [1.807, 2.05) is 54.6 Å². The molecule has 0 aromatic heterocycles. The van der Waals surface area contributed by atoms with Crippen LogP contribution in [0.25, 0.3) is 0 Å². The molecule has 0 bridgehead atoms. The fraction of sp³-hybridized carbons (Fsp3) is 0.278. The van der Waals surface area contributed by atoms with Gasteiger partial charge in [0.15, 0.2) is 0 Å². The summed E-state index contributed by atoms with van der Waals surface area (Å²) in [5, 5.41) is 2.98. The predicted molar refractivity (Wildman–Crippen MR) is 92.6 cm³/mol. The number of ether oxygens (including phenoxy) is 1. The van der Waals surface area contributed by atoms with Gasteiger partial charge in [-0.05, 0) is 36.4 Å². The molecule has 0 aliphatic rings. The SMILES string of the molecule is CCSc1ccccc1NC(=O)CCCOc1ccccc1. The summed E-state index contributed by atoms with van der Waals surface area (Å²) < 4.78 is 5.58. The van der Waals surface area contributed by atoms with Crippen molar-refractivity contribution in [3.05, 3.63) is 54.6 Å². The Bertz CT molecular complexity index is 587. The lowest BCUT2D eigenvalue weighted by Gasteiger charge is -2.10. The Balaban J connectivity index is 1.74. The second-order valence-electron chi connectivity index (χ2n) is 4.74. The minimum Gasteiger partial charge on any atom is -0.494 e. The Morgan fingerprint density at radius 2 is 1.82 bits per heavy atom. The van der Waals surface area contributed by atoms with Crippen molar-refractivity contribution in [1.82, 2.24) is 0 Å². The molecule has 0 saturated heterocycles. The fourth-order valence-electron chi connectivity index (χ4n) is 2.00. The molecular weight excluding hydrogens is 294 g/mol. The Labute approximate surface area is 136 Å². The highest BCUT2D eigenvalue weighted by Gasteiger charge is 2.06. The average Bonchev–Trinajstić information content (AvgIpc) is 2.55. The van der Waals surface area contributed by atoms with Crippen molar-refractivity contribution in [2.24, 2.45) is 0 Å². The van der Waals surface area contributed by atoms with Crippen LogP contribution in [-0.2, 0) is 4.79 Å². The van der Waals surface area contributed by atoms with E-state index in [-0.39, 0.29) is 5.91 Å². The maximum Gasteiger partial charge on any atom is 0.224 e. The lowest BCUT2D eigenvalue weighted by atomic mass is 10.2. The molecule has 0 atom stereocenters. The van der Waals surface area contributed by atoms with Crippen LogP contribution in [0.5, 0.6) is 5.75 Å². The van der Waals surface area contributed by atoms with E-state index in [1.165, 1.54) is 0 Å². The molecule has 0 unspecified atom stereocenters. The largest absolute Gasteiger partial charge is 0.494 e. The summed E-state index contributed by atoms with van der Waals surface area (Å²) in [4.78, 5) is 13.1. The lowest BCUT2D eigenvalue weighted by molar-refractivity contribution is -0.116. The van der Waals surface area contributed by atoms with Crippen LogP contribution in [-0.4, -0.2) is 18.3 Å². The van der Waals surface area contributed by atoms with Crippen LogP contribution in [0.3, 0.4) is 0 Å². The predicted octanol–water partition coefficient (Wildman–Crippen LogP) is 4.60. The smallest absolute Gasteiger partial charge is 0.224 e. The molecular formula is C18H21NO2S. The third kappa shape index (κ3) is 5.45. The number of amides is 1. The van der Waals surface area contributed by atoms with Crippen molar-refractivity contribution < 1.29 is 9.53 Å². The van der Waals surface area contributed by atoms with Gasteiger partial charge in [0, 0.05) is 11.3 Å². The standard InChI is InChI=1S/C18H21NO2S/c1-2-22-17-12-7-6-11-16(17)19-18(20)13-8-14-21-15-9-4-3-5-10-15/h3-7,9-12H,2,8,13-14H2,1H3,(H,19,20). The van der Waals surface area contributed by atoms with Gasteiger partial charge in [0.1, 0.15) is 5.75 Å². The van der Waals surface area contributed by atoms with Crippen LogP contribution in [0, 0.1) is 0 Å². The van der Waals surface area contributed by atoms with Crippen LogP contribution in [0.2, 0.25) is 0 Å². The van der Waals surface area contributed by atoms with Gasteiger partial charge in [0.2, 0.25) is 5.91 Å². The van der Waals surface area contributed by atoms with Crippen molar-refractivity contribution in [3.8, 4) is 5.75 Å². The number of carbonyl (C=O) groups excluding carboxylic acids is 1. The molecule has 0 aliphatic heterocycles. The van der Waals surface area contributed by atoms with E-state index >= 15 is 0 Å². The van der Waals surface area contributed by atoms with Crippen LogP contribution in [0.15, 0.2) is 59.5 Å². The summed E-state index contributed by atoms with van der Waals surface area (Å²) in [6, 6.07) is 17.5. The molecule has 0 heterocycles. The first-order valence-corrected chi connectivity index (χ1v) is 8.47. The number of nitrogens with one attached hydrogen (secondary N) is 1. The molecule has 0 saturated carbocycles. The van der Waals surface area contributed by atoms with Crippen LogP contribution in [0.4, 0.5) is 5.69 Å².